The fourth-order valence-corrected chi connectivity index (χ4v) is 3.33. The Kier molecular flexibility index (Phi) is 5.09. The minimum Gasteiger partial charge on any atom is -0.302 e. The molecule has 6 nitrogen and oxygen atoms in total. The molecule has 0 spiro atoms. The van der Waals surface area contributed by atoms with Gasteiger partial charge in [0.25, 0.3) is 5.69 Å². The van der Waals surface area contributed by atoms with E-state index in [4.69, 9.17) is 0 Å². The predicted octanol–water partition coefficient (Wildman–Crippen LogP) is 4.52. The maximum Gasteiger partial charge on any atom is 0.269 e. The van der Waals surface area contributed by atoms with Crippen molar-refractivity contribution in [3.05, 3.63) is 74.6 Å². The highest BCUT2D eigenvalue weighted by molar-refractivity contribution is 7.14. The summed E-state index contributed by atoms with van der Waals surface area (Å²) in [4.78, 5) is 26.9. The van der Waals surface area contributed by atoms with Crippen LogP contribution in [0.1, 0.15) is 16.7 Å². The second-order valence-electron chi connectivity index (χ2n) is 6.00. The first-order valence-corrected chi connectivity index (χ1v) is 8.86. The van der Waals surface area contributed by atoms with E-state index in [1.54, 1.807) is 12.1 Å². The van der Waals surface area contributed by atoms with Crippen molar-refractivity contribution in [3.8, 4) is 11.3 Å². The Balaban J connectivity index is 1.67. The second kappa shape index (κ2) is 7.45. The van der Waals surface area contributed by atoms with Gasteiger partial charge in [-0.25, -0.2) is 4.98 Å². The molecule has 26 heavy (non-hydrogen) atoms. The Hall–Kier alpha value is -3.06. The summed E-state index contributed by atoms with van der Waals surface area (Å²) in [5.74, 6) is -0.124. The molecule has 0 aliphatic heterocycles. The predicted molar refractivity (Wildman–Crippen MR) is 102 cm³/mol. The highest BCUT2D eigenvalue weighted by Crippen LogP contribution is 2.26. The van der Waals surface area contributed by atoms with Gasteiger partial charge in [-0.1, -0.05) is 23.8 Å². The number of carbonyl (C=O) groups is 1. The first-order valence-electron chi connectivity index (χ1n) is 7.99. The summed E-state index contributed by atoms with van der Waals surface area (Å²) < 4.78 is 0. The van der Waals surface area contributed by atoms with E-state index in [1.165, 1.54) is 29.0 Å². The Bertz CT molecular complexity index is 964. The maximum atomic E-state index is 12.3. The van der Waals surface area contributed by atoms with Crippen molar-refractivity contribution in [1.82, 2.24) is 4.98 Å². The Labute approximate surface area is 154 Å². The van der Waals surface area contributed by atoms with Crippen LogP contribution in [0.4, 0.5) is 10.8 Å². The molecule has 2 aromatic carbocycles. The van der Waals surface area contributed by atoms with Gasteiger partial charge in [0.05, 0.1) is 17.0 Å². The number of amides is 1. The van der Waals surface area contributed by atoms with Gasteiger partial charge in [-0.2, -0.15) is 0 Å². The highest BCUT2D eigenvalue weighted by Gasteiger charge is 2.11. The van der Waals surface area contributed by atoms with Crippen molar-refractivity contribution >= 4 is 28.1 Å². The summed E-state index contributed by atoms with van der Waals surface area (Å²) >= 11 is 1.32. The summed E-state index contributed by atoms with van der Waals surface area (Å²) in [6.07, 6.45) is 0.290. The SMILES string of the molecule is Cc1ccc(CC(=O)Nc2nc(-c3ccc([N+](=O)[O-])cc3)cs2)c(C)c1. The van der Waals surface area contributed by atoms with E-state index in [-0.39, 0.29) is 11.6 Å². The number of benzene rings is 2. The molecule has 1 amide bonds. The van der Waals surface area contributed by atoms with Crippen LogP contribution in [0.15, 0.2) is 47.8 Å². The Morgan fingerprint density at radius 2 is 1.92 bits per heavy atom. The number of hydrogen-bond donors (Lipinski definition) is 1. The number of aryl methyl sites for hydroxylation is 2. The number of nitrogens with zero attached hydrogens (tertiary/aromatic N) is 2. The van der Waals surface area contributed by atoms with Crippen molar-refractivity contribution in [2.24, 2.45) is 0 Å². The van der Waals surface area contributed by atoms with E-state index in [0.717, 1.165) is 16.7 Å². The number of hydrogen-bond acceptors (Lipinski definition) is 5. The lowest BCUT2D eigenvalue weighted by atomic mass is 10.0. The summed E-state index contributed by atoms with van der Waals surface area (Å²) in [6.45, 7) is 4.01. The van der Waals surface area contributed by atoms with Crippen molar-refractivity contribution in [3.63, 3.8) is 0 Å². The maximum absolute atomic E-state index is 12.3. The number of rotatable bonds is 5. The normalized spacial score (nSPS) is 10.5. The van der Waals surface area contributed by atoms with E-state index < -0.39 is 4.92 Å². The molecular weight excluding hydrogens is 350 g/mol. The molecule has 0 atom stereocenters. The lowest BCUT2D eigenvalue weighted by Gasteiger charge is -2.06. The molecule has 0 radical (unpaired) electrons. The molecule has 0 fully saturated rings. The van der Waals surface area contributed by atoms with Crippen LogP contribution < -0.4 is 5.32 Å². The van der Waals surface area contributed by atoms with Crippen LogP contribution >= 0.6 is 11.3 Å². The smallest absolute Gasteiger partial charge is 0.269 e. The number of aromatic nitrogens is 1. The van der Waals surface area contributed by atoms with Gasteiger partial charge in [-0.05, 0) is 37.1 Å². The molecule has 1 aromatic heterocycles. The molecule has 1 heterocycles. The molecule has 1 N–H and O–H groups in total. The van der Waals surface area contributed by atoms with E-state index in [2.05, 4.69) is 16.4 Å². The fraction of sp³-hybridized carbons (Fsp3) is 0.158. The zero-order chi connectivity index (χ0) is 18.7. The molecule has 3 aromatic rings. The van der Waals surface area contributed by atoms with Crippen molar-refractivity contribution < 1.29 is 9.72 Å². The number of nitro groups is 1. The number of non-ortho nitro benzene ring substituents is 1. The van der Waals surface area contributed by atoms with Crippen LogP contribution in [-0.4, -0.2) is 15.8 Å². The van der Waals surface area contributed by atoms with Gasteiger partial charge in [-0.15, -0.1) is 11.3 Å². The molecule has 0 saturated carbocycles. The summed E-state index contributed by atoms with van der Waals surface area (Å²) in [5, 5.41) is 15.8. The van der Waals surface area contributed by atoms with E-state index in [0.29, 0.717) is 17.2 Å². The Morgan fingerprint density at radius 3 is 2.58 bits per heavy atom. The lowest BCUT2D eigenvalue weighted by molar-refractivity contribution is -0.384. The number of thiazole rings is 1. The number of anilines is 1. The van der Waals surface area contributed by atoms with Gasteiger partial charge in [-0.3, -0.25) is 14.9 Å². The molecule has 3 rings (SSSR count). The van der Waals surface area contributed by atoms with Crippen LogP contribution in [0.25, 0.3) is 11.3 Å². The van der Waals surface area contributed by atoms with E-state index in [9.17, 15) is 14.9 Å². The molecule has 0 saturated heterocycles. The van der Waals surface area contributed by atoms with Crippen molar-refractivity contribution in [2.45, 2.75) is 20.3 Å². The molecular formula is C19H17N3O3S. The first-order chi connectivity index (χ1) is 12.4. The molecule has 132 valence electrons. The standard InChI is InChI=1S/C19H17N3O3S/c1-12-3-4-15(13(2)9-12)10-18(23)21-19-20-17(11-26-19)14-5-7-16(8-6-14)22(24)25/h3-9,11H,10H2,1-2H3,(H,20,21,23). The van der Waals surface area contributed by atoms with E-state index >= 15 is 0 Å². The second-order valence-corrected chi connectivity index (χ2v) is 6.85. The fourth-order valence-electron chi connectivity index (χ4n) is 2.60. The average molecular weight is 367 g/mol. The van der Waals surface area contributed by atoms with Crippen LogP contribution in [0.5, 0.6) is 0 Å². The zero-order valence-electron chi connectivity index (χ0n) is 14.4. The molecule has 0 aliphatic rings. The first kappa shape index (κ1) is 17.8. The lowest BCUT2D eigenvalue weighted by Crippen LogP contribution is -2.14. The van der Waals surface area contributed by atoms with Crippen LogP contribution in [-0.2, 0) is 11.2 Å². The number of carbonyl (C=O) groups excluding carboxylic acids is 1. The topological polar surface area (TPSA) is 85.1 Å². The molecule has 0 aliphatic carbocycles. The molecule has 0 unspecified atom stereocenters. The number of nitro benzene ring substituents is 1. The summed E-state index contributed by atoms with van der Waals surface area (Å²) in [7, 11) is 0. The largest absolute Gasteiger partial charge is 0.302 e. The van der Waals surface area contributed by atoms with Gasteiger partial charge < -0.3 is 5.32 Å². The van der Waals surface area contributed by atoms with E-state index in [1.807, 2.05) is 31.4 Å². The van der Waals surface area contributed by atoms with Crippen LogP contribution in [0, 0.1) is 24.0 Å². The average Bonchev–Trinajstić information content (AvgIpc) is 3.06. The molecule has 7 heteroatoms. The van der Waals surface area contributed by atoms with Gasteiger partial charge in [0, 0.05) is 23.1 Å². The summed E-state index contributed by atoms with van der Waals surface area (Å²) in [5.41, 5.74) is 4.71. The zero-order valence-corrected chi connectivity index (χ0v) is 15.2. The van der Waals surface area contributed by atoms with Gasteiger partial charge in [0.15, 0.2) is 5.13 Å². The minimum atomic E-state index is -0.441. The highest BCUT2D eigenvalue weighted by atomic mass is 32.1. The van der Waals surface area contributed by atoms with Gasteiger partial charge in [0.2, 0.25) is 5.91 Å². The molecule has 0 bridgehead atoms. The number of nitrogens with one attached hydrogen (secondary N) is 1. The van der Waals surface area contributed by atoms with Crippen LogP contribution in [0.2, 0.25) is 0 Å². The minimum absolute atomic E-state index is 0.0333. The van der Waals surface area contributed by atoms with Crippen molar-refractivity contribution in [2.75, 3.05) is 5.32 Å². The van der Waals surface area contributed by atoms with Gasteiger partial charge >= 0.3 is 0 Å². The third kappa shape index (κ3) is 4.12. The quantitative estimate of drug-likeness (QED) is 0.531. The third-order valence-corrected chi connectivity index (χ3v) is 4.73. The van der Waals surface area contributed by atoms with Gasteiger partial charge in [0.1, 0.15) is 0 Å². The monoisotopic (exact) mass is 367 g/mol. The Morgan fingerprint density at radius 1 is 1.19 bits per heavy atom. The van der Waals surface area contributed by atoms with Crippen molar-refractivity contribution in [1.29, 1.82) is 0 Å². The van der Waals surface area contributed by atoms with Crippen LogP contribution in [0.3, 0.4) is 0 Å². The third-order valence-electron chi connectivity index (χ3n) is 3.97. The summed E-state index contributed by atoms with van der Waals surface area (Å²) in [6, 6.07) is 12.2.